The molecular formula is C13H16N2O2S. The summed E-state index contributed by atoms with van der Waals surface area (Å²) in [5, 5.41) is 2.85. The first-order valence-electron chi connectivity index (χ1n) is 5.87. The Morgan fingerprint density at radius 3 is 2.83 bits per heavy atom. The number of amides is 1. The van der Waals surface area contributed by atoms with Gasteiger partial charge in [0.05, 0.1) is 10.2 Å². The number of fused-ring (bicyclic) bond motifs is 1. The van der Waals surface area contributed by atoms with Gasteiger partial charge in [0.15, 0.2) is 0 Å². The van der Waals surface area contributed by atoms with Crippen molar-refractivity contribution < 1.29 is 4.79 Å². The molecule has 96 valence electrons. The van der Waals surface area contributed by atoms with E-state index in [4.69, 9.17) is 0 Å². The van der Waals surface area contributed by atoms with E-state index in [0.29, 0.717) is 12.3 Å². The minimum Gasteiger partial charge on any atom is -0.326 e. The average molecular weight is 264 g/mol. The molecule has 18 heavy (non-hydrogen) atoms. The standard InChI is InChI=1S/C13H16N2O2S/c1-8(2)6-12(16)14-9-4-5-10-11(7-9)18-13(17)15(10)3/h4-5,7-8H,6H2,1-3H3,(H,14,16). The third-order valence-corrected chi connectivity index (χ3v) is 3.67. The highest BCUT2D eigenvalue weighted by Crippen LogP contribution is 2.21. The first-order chi connectivity index (χ1) is 8.47. The number of hydrogen-bond acceptors (Lipinski definition) is 3. The second-order valence-corrected chi connectivity index (χ2v) is 5.75. The zero-order valence-electron chi connectivity index (χ0n) is 10.7. The molecule has 0 aliphatic rings. The summed E-state index contributed by atoms with van der Waals surface area (Å²) in [6, 6.07) is 5.53. The summed E-state index contributed by atoms with van der Waals surface area (Å²) in [5.74, 6) is 0.342. The number of nitrogens with zero attached hydrogens (tertiary/aromatic N) is 1. The molecule has 1 aromatic carbocycles. The molecule has 0 saturated carbocycles. The van der Waals surface area contributed by atoms with Crippen LogP contribution >= 0.6 is 11.3 Å². The highest BCUT2D eigenvalue weighted by Gasteiger charge is 2.08. The third-order valence-electron chi connectivity index (χ3n) is 2.67. The molecule has 2 aromatic rings. The largest absolute Gasteiger partial charge is 0.326 e. The second kappa shape index (κ2) is 4.94. The van der Waals surface area contributed by atoms with Crippen molar-refractivity contribution in [1.29, 1.82) is 0 Å². The molecule has 0 fully saturated rings. The Bertz CT molecular complexity index is 640. The summed E-state index contributed by atoms with van der Waals surface area (Å²) < 4.78 is 2.50. The molecule has 0 aliphatic heterocycles. The van der Waals surface area contributed by atoms with Crippen molar-refractivity contribution in [1.82, 2.24) is 4.57 Å². The van der Waals surface area contributed by atoms with Crippen LogP contribution in [0.15, 0.2) is 23.0 Å². The Labute approximate surface area is 109 Å². The maximum atomic E-state index is 11.7. The Morgan fingerprint density at radius 1 is 1.44 bits per heavy atom. The van der Waals surface area contributed by atoms with Crippen LogP contribution in [0.2, 0.25) is 0 Å². The normalized spacial score (nSPS) is 11.1. The van der Waals surface area contributed by atoms with E-state index in [1.54, 1.807) is 11.6 Å². The van der Waals surface area contributed by atoms with Crippen LogP contribution in [-0.4, -0.2) is 10.5 Å². The average Bonchev–Trinajstić information content (AvgIpc) is 2.53. The number of benzene rings is 1. The SMILES string of the molecule is CC(C)CC(=O)Nc1ccc2c(c1)sc(=O)n2C. The van der Waals surface area contributed by atoms with Crippen molar-refractivity contribution in [2.45, 2.75) is 20.3 Å². The molecule has 1 N–H and O–H groups in total. The lowest BCUT2D eigenvalue weighted by atomic mass is 10.1. The van der Waals surface area contributed by atoms with Crippen molar-refractivity contribution in [2.24, 2.45) is 13.0 Å². The monoisotopic (exact) mass is 264 g/mol. The highest BCUT2D eigenvalue weighted by molar-refractivity contribution is 7.16. The number of nitrogens with one attached hydrogen (secondary N) is 1. The molecule has 0 spiro atoms. The first-order valence-corrected chi connectivity index (χ1v) is 6.68. The molecule has 2 rings (SSSR count). The summed E-state index contributed by atoms with van der Waals surface area (Å²) in [4.78, 5) is 23.2. The van der Waals surface area contributed by atoms with Crippen LogP contribution < -0.4 is 10.2 Å². The van der Waals surface area contributed by atoms with Crippen LogP contribution in [0, 0.1) is 5.92 Å². The summed E-state index contributed by atoms with van der Waals surface area (Å²) in [5.41, 5.74) is 1.64. The molecule has 5 heteroatoms. The molecule has 0 saturated heterocycles. The quantitative estimate of drug-likeness (QED) is 0.926. The maximum Gasteiger partial charge on any atom is 0.307 e. The Balaban J connectivity index is 2.25. The van der Waals surface area contributed by atoms with Gasteiger partial charge in [0, 0.05) is 19.2 Å². The van der Waals surface area contributed by atoms with Gasteiger partial charge in [0.1, 0.15) is 0 Å². The van der Waals surface area contributed by atoms with Gasteiger partial charge in [-0.2, -0.15) is 0 Å². The summed E-state index contributed by atoms with van der Waals surface area (Å²) >= 11 is 1.19. The maximum absolute atomic E-state index is 11.7. The minimum atomic E-state index is 0.00706. The summed E-state index contributed by atoms with van der Waals surface area (Å²) in [6.07, 6.45) is 0.503. The molecule has 0 unspecified atom stereocenters. The number of thiazole rings is 1. The van der Waals surface area contributed by atoms with Gasteiger partial charge in [-0.15, -0.1) is 0 Å². The van der Waals surface area contributed by atoms with Crippen LogP contribution in [0.1, 0.15) is 20.3 Å². The van der Waals surface area contributed by atoms with Gasteiger partial charge >= 0.3 is 4.87 Å². The predicted octanol–water partition coefficient (Wildman–Crippen LogP) is 2.58. The predicted molar refractivity (Wildman–Crippen MR) is 75.2 cm³/mol. The van der Waals surface area contributed by atoms with Gasteiger partial charge in [-0.1, -0.05) is 25.2 Å². The van der Waals surface area contributed by atoms with Gasteiger partial charge in [-0.05, 0) is 24.1 Å². The van der Waals surface area contributed by atoms with Crippen molar-refractivity contribution in [3.05, 3.63) is 27.9 Å². The number of carbonyl (C=O) groups is 1. The van der Waals surface area contributed by atoms with Crippen molar-refractivity contribution in [3.8, 4) is 0 Å². The van der Waals surface area contributed by atoms with Gasteiger partial charge in [0.25, 0.3) is 0 Å². The fourth-order valence-electron chi connectivity index (χ4n) is 1.79. The van der Waals surface area contributed by atoms with E-state index >= 15 is 0 Å². The van der Waals surface area contributed by atoms with Crippen LogP contribution in [0.5, 0.6) is 0 Å². The van der Waals surface area contributed by atoms with E-state index in [0.717, 1.165) is 15.9 Å². The van der Waals surface area contributed by atoms with Gasteiger partial charge in [0.2, 0.25) is 5.91 Å². The van der Waals surface area contributed by atoms with Crippen molar-refractivity contribution in [3.63, 3.8) is 0 Å². The van der Waals surface area contributed by atoms with Gasteiger partial charge in [-0.25, -0.2) is 0 Å². The van der Waals surface area contributed by atoms with E-state index < -0.39 is 0 Å². The third kappa shape index (κ3) is 2.61. The van der Waals surface area contributed by atoms with E-state index in [2.05, 4.69) is 5.32 Å². The van der Waals surface area contributed by atoms with E-state index in [1.165, 1.54) is 11.3 Å². The molecule has 0 atom stereocenters. The summed E-state index contributed by atoms with van der Waals surface area (Å²) in [6.45, 7) is 4.01. The first kappa shape index (κ1) is 12.8. The lowest BCUT2D eigenvalue weighted by molar-refractivity contribution is -0.116. The highest BCUT2D eigenvalue weighted by atomic mass is 32.1. The van der Waals surface area contributed by atoms with E-state index in [9.17, 15) is 9.59 Å². The zero-order chi connectivity index (χ0) is 13.3. The molecule has 0 radical (unpaired) electrons. The van der Waals surface area contributed by atoms with Gasteiger partial charge < -0.3 is 9.88 Å². The lowest BCUT2D eigenvalue weighted by Gasteiger charge is -2.07. The molecule has 4 nitrogen and oxygen atoms in total. The smallest absolute Gasteiger partial charge is 0.307 e. The lowest BCUT2D eigenvalue weighted by Crippen LogP contribution is -2.13. The Hall–Kier alpha value is -1.62. The molecule has 0 bridgehead atoms. The fourth-order valence-corrected chi connectivity index (χ4v) is 2.71. The minimum absolute atomic E-state index is 0.00706. The topological polar surface area (TPSA) is 51.1 Å². The number of anilines is 1. The number of rotatable bonds is 3. The number of hydrogen-bond donors (Lipinski definition) is 1. The molecule has 1 heterocycles. The van der Waals surface area contributed by atoms with E-state index in [-0.39, 0.29) is 10.8 Å². The fraction of sp³-hybridized carbons (Fsp3) is 0.385. The molecular weight excluding hydrogens is 248 g/mol. The summed E-state index contributed by atoms with van der Waals surface area (Å²) in [7, 11) is 1.75. The van der Waals surface area contributed by atoms with Crippen LogP contribution in [0.25, 0.3) is 10.2 Å². The van der Waals surface area contributed by atoms with Gasteiger partial charge in [-0.3, -0.25) is 9.59 Å². The van der Waals surface area contributed by atoms with Crippen molar-refractivity contribution in [2.75, 3.05) is 5.32 Å². The molecule has 1 aromatic heterocycles. The second-order valence-electron chi connectivity index (χ2n) is 4.76. The zero-order valence-corrected chi connectivity index (χ0v) is 11.5. The van der Waals surface area contributed by atoms with Crippen LogP contribution in [0.4, 0.5) is 5.69 Å². The molecule has 0 aliphatic carbocycles. The number of aryl methyl sites for hydroxylation is 1. The number of aromatic nitrogens is 1. The Morgan fingerprint density at radius 2 is 2.17 bits per heavy atom. The van der Waals surface area contributed by atoms with Crippen molar-refractivity contribution >= 4 is 33.1 Å². The Kier molecular flexibility index (Phi) is 3.52. The van der Waals surface area contributed by atoms with Crippen LogP contribution in [0.3, 0.4) is 0 Å². The molecule has 1 amide bonds. The number of carbonyl (C=O) groups excluding carboxylic acids is 1. The van der Waals surface area contributed by atoms with E-state index in [1.807, 2.05) is 32.0 Å². The van der Waals surface area contributed by atoms with Crippen LogP contribution in [-0.2, 0) is 11.8 Å².